The van der Waals surface area contributed by atoms with Crippen LogP contribution in [0.25, 0.3) is 0 Å². The van der Waals surface area contributed by atoms with Crippen LogP contribution in [0.4, 0.5) is 0 Å². The van der Waals surface area contributed by atoms with Crippen LogP contribution in [-0.2, 0) is 9.53 Å². The smallest absolute Gasteiger partial charge is 0.307 e. The Morgan fingerprint density at radius 3 is 2.71 bits per heavy atom. The Kier molecular flexibility index (Phi) is 7.42. The van der Waals surface area contributed by atoms with Gasteiger partial charge in [-0.25, -0.2) is 0 Å². The fraction of sp³-hybridized carbons (Fsp3) is 0.900. The highest BCUT2D eigenvalue weighted by molar-refractivity contribution is 5.69. The average Bonchev–Trinajstić information content (AvgIpc) is 2.15. The minimum atomic E-state index is -0.125. The standard InChI is InChI=1S/C10H22N2O2/c1-4-14-10(13)5-6-12(3)8-9(2)7-11/h9H,4-8,11H2,1-3H3. The summed E-state index contributed by atoms with van der Waals surface area (Å²) in [5.74, 6) is 0.349. The molecule has 84 valence electrons. The normalized spacial score (nSPS) is 12.9. The van der Waals surface area contributed by atoms with E-state index in [4.69, 9.17) is 10.5 Å². The maximum atomic E-state index is 11.0. The first-order valence-corrected chi connectivity index (χ1v) is 5.14. The average molecular weight is 202 g/mol. The van der Waals surface area contributed by atoms with Gasteiger partial charge in [0.25, 0.3) is 0 Å². The SMILES string of the molecule is CCOC(=O)CCN(C)CC(C)CN. The summed E-state index contributed by atoms with van der Waals surface area (Å²) < 4.78 is 4.83. The van der Waals surface area contributed by atoms with Crippen LogP contribution in [-0.4, -0.2) is 44.2 Å². The second-order valence-corrected chi connectivity index (χ2v) is 3.66. The van der Waals surface area contributed by atoms with Crippen molar-refractivity contribution in [2.45, 2.75) is 20.3 Å². The van der Waals surface area contributed by atoms with Crippen LogP contribution < -0.4 is 5.73 Å². The molecule has 0 aliphatic carbocycles. The third-order valence-electron chi connectivity index (χ3n) is 2.03. The highest BCUT2D eigenvalue weighted by atomic mass is 16.5. The zero-order valence-corrected chi connectivity index (χ0v) is 9.45. The fourth-order valence-electron chi connectivity index (χ4n) is 1.21. The van der Waals surface area contributed by atoms with Gasteiger partial charge in [0.05, 0.1) is 13.0 Å². The summed E-state index contributed by atoms with van der Waals surface area (Å²) in [7, 11) is 1.99. The number of nitrogens with zero attached hydrogens (tertiary/aromatic N) is 1. The van der Waals surface area contributed by atoms with Crippen molar-refractivity contribution in [3.05, 3.63) is 0 Å². The third-order valence-corrected chi connectivity index (χ3v) is 2.03. The van der Waals surface area contributed by atoms with E-state index >= 15 is 0 Å². The summed E-state index contributed by atoms with van der Waals surface area (Å²) in [6.07, 6.45) is 0.460. The summed E-state index contributed by atoms with van der Waals surface area (Å²) in [6.45, 7) is 6.73. The van der Waals surface area contributed by atoms with E-state index in [9.17, 15) is 4.79 Å². The first kappa shape index (κ1) is 13.4. The van der Waals surface area contributed by atoms with E-state index < -0.39 is 0 Å². The third kappa shape index (κ3) is 6.86. The molecule has 0 aromatic rings. The highest BCUT2D eigenvalue weighted by Crippen LogP contribution is 1.97. The molecule has 0 aromatic heterocycles. The lowest BCUT2D eigenvalue weighted by atomic mass is 10.2. The number of esters is 1. The summed E-state index contributed by atoms with van der Waals surface area (Å²) in [4.78, 5) is 13.1. The van der Waals surface area contributed by atoms with Crippen molar-refractivity contribution in [3.63, 3.8) is 0 Å². The number of nitrogens with two attached hydrogens (primary N) is 1. The molecule has 0 heterocycles. The quantitative estimate of drug-likeness (QED) is 0.610. The molecule has 0 saturated heterocycles. The van der Waals surface area contributed by atoms with E-state index in [-0.39, 0.29) is 5.97 Å². The molecule has 0 aliphatic heterocycles. The summed E-state index contributed by atoms with van der Waals surface area (Å²) >= 11 is 0. The van der Waals surface area contributed by atoms with Crippen molar-refractivity contribution < 1.29 is 9.53 Å². The summed E-state index contributed by atoms with van der Waals surface area (Å²) in [5.41, 5.74) is 5.51. The number of hydrogen-bond acceptors (Lipinski definition) is 4. The van der Waals surface area contributed by atoms with Crippen molar-refractivity contribution in [2.75, 3.05) is 33.3 Å². The van der Waals surface area contributed by atoms with Crippen LogP contribution in [0, 0.1) is 5.92 Å². The second-order valence-electron chi connectivity index (χ2n) is 3.66. The lowest BCUT2D eigenvalue weighted by molar-refractivity contribution is -0.143. The van der Waals surface area contributed by atoms with Crippen LogP contribution in [0.1, 0.15) is 20.3 Å². The van der Waals surface area contributed by atoms with Gasteiger partial charge in [0, 0.05) is 13.1 Å². The Morgan fingerprint density at radius 1 is 1.57 bits per heavy atom. The maximum absolute atomic E-state index is 11.0. The minimum Gasteiger partial charge on any atom is -0.466 e. The van der Waals surface area contributed by atoms with E-state index in [0.717, 1.165) is 13.1 Å². The molecule has 1 unspecified atom stereocenters. The Balaban J connectivity index is 3.52. The Bertz CT molecular complexity index is 162. The van der Waals surface area contributed by atoms with E-state index in [1.807, 2.05) is 14.0 Å². The van der Waals surface area contributed by atoms with Gasteiger partial charge < -0.3 is 15.4 Å². The first-order chi connectivity index (χ1) is 6.60. The molecule has 0 saturated carbocycles. The maximum Gasteiger partial charge on any atom is 0.307 e. The number of rotatable bonds is 7. The van der Waals surface area contributed by atoms with Gasteiger partial charge in [-0.1, -0.05) is 6.92 Å². The molecule has 0 aromatic carbocycles. The van der Waals surface area contributed by atoms with Gasteiger partial charge in [0.1, 0.15) is 0 Å². The lowest BCUT2D eigenvalue weighted by Crippen LogP contribution is -2.30. The summed E-state index contributed by atoms with van der Waals surface area (Å²) in [5, 5.41) is 0. The Labute approximate surface area is 86.4 Å². The topological polar surface area (TPSA) is 55.6 Å². The molecule has 14 heavy (non-hydrogen) atoms. The zero-order chi connectivity index (χ0) is 11.0. The van der Waals surface area contributed by atoms with Gasteiger partial charge >= 0.3 is 5.97 Å². The highest BCUT2D eigenvalue weighted by Gasteiger charge is 2.07. The molecule has 0 bridgehead atoms. The van der Waals surface area contributed by atoms with Crippen LogP contribution in [0.15, 0.2) is 0 Å². The zero-order valence-electron chi connectivity index (χ0n) is 9.45. The van der Waals surface area contributed by atoms with Crippen LogP contribution in [0.3, 0.4) is 0 Å². The Morgan fingerprint density at radius 2 is 2.21 bits per heavy atom. The molecule has 0 spiro atoms. The van der Waals surface area contributed by atoms with Gasteiger partial charge in [-0.3, -0.25) is 4.79 Å². The molecule has 0 radical (unpaired) electrons. The number of carbonyl (C=O) groups excluding carboxylic acids is 1. The predicted octanol–water partition coefficient (Wildman–Crippen LogP) is 0.466. The monoisotopic (exact) mass is 202 g/mol. The van der Waals surface area contributed by atoms with Crippen molar-refractivity contribution >= 4 is 5.97 Å². The van der Waals surface area contributed by atoms with Crippen LogP contribution in [0.5, 0.6) is 0 Å². The molecule has 0 amide bonds. The Hall–Kier alpha value is -0.610. The first-order valence-electron chi connectivity index (χ1n) is 5.14. The molecular formula is C10H22N2O2. The van der Waals surface area contributed by atoms with Gasteiger partial charge in [-0.2, -0.15) is 0 Å². The van der Waals surface area contributed by atoms with E-state index in [2.05, 4.69) is 11.8 Å². The van der Waals surface area contributed by atoms with Gasteiger partial charge in [0.15, 0.2) is 0 Å². The molecule has 0 aliphatic rings. The van der Waals surface area contributed by atoms with Crippen molar-refractivity contribution in [1.82, 2.24) is 4.90 Å². The fourth-order valence-corrected chi connectivity index (χ4v) is 1.21. The second kappa shape index (κ2) is 7.76. The van der Waals surface area contributed by atoms with Crippen LogP contribution in [0.2, 0.25) is 0 Å². The van der Waals surface area contributed by atoms with Gasteiger partial charge in [-0.15, -0.1) is 0 Å². The van der Waals surface area contributed by atoms with E-state index in [0.29, 0.717) is 25.5 Å². The molecule has 1 atom stereocenters. The van der Waals surface area contributed by atoms with Gasteiger partial charge in [-0.05, 0) is 26.4 Å². The molecule has 0 fully saturated rings. The van der Waals surface area contributed by atoms with Crippen molar-refractivity contribution in [2.24, 2.45) is 11.7 Å². The number of carbonyl (C=O) groups is 1. The number of ether oxygens (including phenoxy) is 1. The molecule has 4 heteroatoms. The van der Waals surface area contributed by atoms with Crippen molar-refractivity contribution in [3.8, 4) is 0 Å². The molecular weight excluding hydrogens is 180 g/mol. The van der Waals surface area contributed by atoms with E-state index in [1.165, 1.54) is 0 Å². The molecule has 4 nitrogen and oxygen atoms in total. The lowest BCUT2D eigenvalue weighted by Gasteiger charge is -2.19. The van der Waals surface area contributed by atoms with Crippen LogP contribution >= 0.6 is 0 Å². The van der Waals surface area contributed by atoms with Gasteiger partial charge in [0.2, 0.25) is 0 Å². The predicted molar refractivity (Wildman–Crippen MR) is 57.0 cm³/mol. The minimum absolute atomic E-state index is 0.125. The summed E-state index contributed by atoms with van der Waals surface area (Å²) in [6, 6.07) is 0. The van der Waals surface area contributed by atoms with Crippen molar-refractivity contribution in [1.29, 1.82) is 0 Å². The molecule has 0 rings (SSSR count). The number of hydrogen-bond donors (Lipinski definition) is 1. The largest absolute Gasteiger partial charge is 0.466 e. The van der Waals surface area contributed by atoms with E-state index in [1.54, 1.807) is 0 Å². The molecule has 2 N–H and O–H groups in total.